The van der Waals surface area contributed by atoms with Gasteiger partial charge in [0.25, 0.3) is 0 Å². The third-order valence-corrected chi connectivity index (χ3v) is 3.38. The zero-order valence-electron chi connectivity index (χ0n) is 11.6. The molecule has 1 aromatic carbocycles. The SMILES string of the molecule is CCNCc1c(F)cccc1N1CC(=O)NC(=O)C1C. The average Bonchev–Trinajstić information content (AvgIpc) is 2.41. The summed E-state index contributed by atoms with van der Waals surface area (Å²) in [6.07, 6.45) is 0. The molecule has 5 nitrogen and oxygen atoms in total. The minimum Gasteiger partial charge on any atom is -0.350 e. The molecule has 2 N–H and O–H groups in total. The summed E-state index contributed by atoms with van der Waals surface area (Å²) >= 11 is 0. The molecule has 1 unspecified atom stereocenters. The zero-order chi connectivity index (χ0) is 14.7. The predicted molar refractivity (Wildman–Crippen MR) is 73.7 cm³/mol. The number of halogens is 1. The van der Waals surface area contributed by atoms with Crippen molar-refractivity contribution in [1.82, 2.24) is 10.6 Å². The van der Waals surface area contributed by atoms with Crippen LogP contribution in [0.25, 0.3) is 0 Å². The van der Waals surface area contributed by atoms with Gasteiger partial charge in [-0.2, -0.15) is 0 Å². The first-order valence-electron chi connectivity index (χ1n) is 6.63. The Hall–Kier alpha value is -1.95. The van der Waals surface area contributed by atoms with Crippen LogP contribution in [-0.4, -0.2) is 30.9 Å². The van der Waals surface area contributed by atoms with E-state index in [0.717, 1.165) is 0 Å². The van der Waals surface area contributed by atoms with E-state index in [-0.39, 0.29) is 24.2 Å². The molecule has 6 heteroatoms. The highest BCUT2D eigenvalue weighted by Gasteiger charge is 2.31. The Kier molecular flexibility index (Phi) is 4.34. The molecule has 2 rings (SSSR count). The Labute approximate surface area is 117 Å². The summed E-state index contributed by atoms with van der Waals surface area (Å²) in [5.41, 5.74) is 1.06. The van der Waals surface area contributed by atoms with Gasteiger partial charge in [0, 0.05) is 17.8 Å². The number of hydrogen-bond donors (Lipinski definition) is 2. The van der Waals surface area contributed by atoms with E-state index in [2.05, 4.69) is 10.6 Å². The largest absolute Gasteiger partial charge is 0.350 e. The van der Waals surface area contributed by atoms with Gasteiger partial charge in [0.1, 0.15) is 11.9 Å². The Morgan fingerprint density at radius 2 is 2.20 bits per heavy atom. The van der Waals surface area contributed by atoms with Crippen molar-refractivity contribution in [3.05, 3.63) is 29.6 Å². The molecule has 0 aromatic heterocycles. The second-order valence-corrected chi connectivity index (χ2v) is 4.73. The molecule has 1 saturated heterocycles. The number of nitrogens with zero attached hydrogens (tertiary/aromatic N) is 1. The van der Waals surface area contributed by atoms with E-state index in [9.17, 15) is 14.0 Å². The molecule has 1 heterocycles. The van der Waals surface area contributed by atoms with Gasteiger partial charge in [-0.3, -0.25) is 14.9 Å². The average molecular weight is 279 g/mol. The fraction of sp³-hybridized carbons (Fsp3) is 0.429. The highest BCUT2D eigenvalue weighted by atomic mass is 19.1. The van der Waals surface area contributed by atoms with Crippen LogP contribution in [0, 0.1) is 5.82 Å². The maximum absolute atomic E-state index is 14.0. The summed E-state index contributed by atoms with van der Waals surface area (Å²) in [5.74, 6) is -1.07. The summed E-state index contributed by atoms with van der Waals surface area (Å²) in [6.45, 7) is 4.75. The summed E-state index contributed by atoms with van der Waals surface area (Å²) < 4.78 is 14.0. The lowest BCUT2D eigenvalue weighted by atomic mass is 10.1. The van der Waals surface area contributed by atoms with Crippen LogP contribution in [0.5, 0.6) is 0 Å². The normalized spacial score (nSPS) is 19.1. The third-order valence-electron chi connectivity index (χ3n) is 3.38. The van der Waals surface area contributed by atoms with Crippen LogP contribution in [0.3, 0.4) is 0 Å². The van der Waals surface area contributed by atoms with Gasteiger partial charge in [-0.25, -0.2) is 4.39 Å². The summed E-state index contributed by atoms with van der Waals surface area (Å²) in [4.78, 5) is 24.9. The van der Waals surface area contributed by atoms with Crippen LogP contribution in [0.15, 0.2) is 18.2 Å². The van der Waals surface area contributed by atoms with Crippen molar-refractivity contribution in [2.75, 3.05) is 18.0 Å². The third kappa shape index (κ3) is 2.80. The van der Waals surface area contributed by atoms with Crippen LogP contribution in [0.4, 0.5) is 10.1 Å². The summed E-state index contributed by atoms with van der Waals surface area (Å²) in [7, 11) is 0. The number of carbonyl (C=O) groups is 2. The van der Waals surface area contributed by atoms with Crippen molar-refractivity contribution in [3.63, 3.8) is 0 Å². The molecule has 1 atom stereocenters. The standard InChI is InChI=1S/C14H18FN3O2/c1-3-16-7-10-11(15)5-4-6-12(10)18-8-13(19)17-14(20)9(18)2/h4-6,9,16H,3,7-8H2,1-2H3,(H,17,19,20). The van der Waals surface area contributed by atoms with Crippen molar-refractivity contribution < 1.29 is 14.0 Å². The van der Waals surface area contributed by atoms with Crippen molar-refractivity contribution >= 4 is 17.5 Å². The minimum atomic E-state index is -0.505. The quantitative estimate of drug-likeness (QED) is 0.800. The number of imide groups is 1. The van der Waals surface area contributed by atoms with Gasteiger partial charge < -0.3 is 10.2 Å². The fourth-order valence-electron chi connectivity index (χ4n) is 2.25. The first-order valence-corrected chi connectivity index (χ1v) is 6.63. The second-order valence-electron chi connectivity index (χ2n) is 4.73. The van der Waals surface area contributed by atoms with E-state index >= 15 is 0 Å². The van der Waals surface area contributed by atoms with Gasteiger partial charge in [0.05, 0.1) is 6.54 Å². The van der Waals surface area contributed by atoms with E-state index < -0.39 is 6.04 Å². The minimum absolute atomic E-state index is 0.0511. The lowest BCUT2D eigenvalue weighted by molar-refractivity contribution is -0.132. The first kappa shape index (κ1) is 14.5. The van der Waals surface area contributed by atoms with Crippen molar-refractivity contribution in [2.24, 2.45) is 0 Å². The predicted octanol–water partition coefficient (Wildman–Crippen LogP) is 0.786. The number of amides is 2. The fourth-order valence-corrected chi connectivity index (χ4v) is 2.25. The van der Waals surface area contributed by atoms with Gasteiger partial charge >= 0.3 is 0 Å². The molecule has 0 spiro atoms. The van der Waals surface area contributed by atoms with Crippen LogP contribution in [-0.2, 0) is 16.1 Å². The summed E-state index contributed by atoms with van der Waals surface area (Å²) in [5, 5.41) is 5.35. The van der Waals surface area contributed by atoms with Gasteiger partial charge in [-0.05, 0) is 25.6 Å². The molecular formula is C14H18FN3O2. The Morgan fingerprint density at radius 1 is 1.45 bits per heavy atom. The molecule has 1 aliphatic heterocycles. The number of piperazine rings is 1. The number of anilines is 1. The molecule has 0 bridgehead atoms. The number of carbonyl (C=O) groups excluding carboxylic acids is 2. The van der Waals surface area contributed by atoms with E-state index in [1.807, 2.05) is 6.92 Å². The molecule has 0 aliphatic carbocycles. The van der Waals surface area contributed by atoms with E-state index in [4.69, 9.17) is 0 Å². The zero-order valence-corrected chi connectivity index (χ0v) is 11.6. The van der Waals surface area contributed by atoms with Crippen LogP contribution in [0.1, 0.15) is 19.4 Å². The van der Waals surface area contributed by atoms with E-state index in [0.29, 0.717) is 24.3 Å². The maximum Gasteiger partial charge on any atom is 0.249 e. The Morgan fingerprint density at radius 3 is 2.90 bits per heavy atom. The van der Waals surface area contributed by atoms with Crippen LogP contribution < -0.4 is 15.5 Å². The lowest BCUT2D eigenvalue weighted by Gasteiger charge is -2.35. The smallest absolute Gasteiger partial charge is 0.249 e. The molecule has 1 fully saturated rings. The first-order chi connectivity index (χ1) is 9.54. The number of rotatable bonds is 4. The van der Waals surface area contributed by atoms with Gasteiger partial charge in [0.2, 0.25) is 11.8 Å². The van der Waals surface area contributed by atoms with Crippen LogP contribution in [0.2, 0.25) is 0 Å². The highest BCUT2D eigenvalue weighted by Crippen LogP contribution is 2.26. The Balaban J connectivity index is 2.37. The number of nitrogens with one attached hydrogen (secondary N) is 2. The molecule has 0 radical (unpaired) electrons. The van der Waals surface area contributed by atoms with E-state index in [1.54, 1.807) is 24.0 Å². The molecule has 1 aromatic rings. The molecule has 108 valence electrons. The number of benzene rings is 1. The van der Waals surface area contributed by atoms with Crippen LogP contribution >= 0.6 is 0 Å². The Bertz CT molecular complexity index is 533. The highest BCUT2D eigenvalue weighted by molar-refractivity contribution is 6.04. The van der Waals surface area contributed by atoms with Gasteiger partial charge in [-0.1, -0.05) is 13.0 Å². The van der Waals surface area contributed by atoms with E-state index in [1.165, 1.54) is 6.07 Å². The molecule has 2 amide bonds. The maximum atomic E-state index is 14.0. The second kappa shape index (κ2) is 6.00. The molecule has 20 heavy (non-hydrogen) atoms. The summed E-state index contributed by atoms with van der Waals surface area (Å²) in [6, 6.07) is 4.20. The monoisotopic (exact) mass is 279 g/mol. The topological polar surface area (TPSA) is 61.4 Å². The molecule has 1 aliphatic rings. The lowest BCUT2D eigenvalue weighted by Crippen LogP contribution is -2.57. The van der Waals surface area contributed by atoms with Crippen molar-refractivity contribution in [3.8, 4) is 0 Å². The molecule has 0 saturated carbocycles. The van der Waals surface area contributed by atoms with Gasteiger partial charge in [0.15, 0.2) is 0 Å². The van der Waals surface area contributed by atoms with Crippen molar-refractivity contribution in [2.45, 2.75) is 26.4 Å². The van der Waals surface area contributed by atoms with Crippen molar-refractivity contribution in [1.29, 1.82) is 0 Å². The van der Waals surface area contributed by atoms with Gasteiger partial charge in [-0.15, -0.1) is 0 Å². The molecular weight excluding hydrogens is 261 g/mol. The number of hydrogen-bond acceptors (Lipinski definition) is 4.